The van der Waals surface area contributed by atoms with Crippen molar-refractivity contribution in [2.45, 2.75) is 19.8 Å². The van der Waals surface area contributed by atoms with E-state index in [1.807, 2.05) is 6.07 Å². The first kappa shape index (κ1) is 17.5. The number of amides is 2. The molecule has 0 aliphatic carbocycles. The van der Waals surface area contributed by atoms with Gasteiger partial charge in [-0.1, -0.05) is 18.2 Å². The molecule has 3 heterocycles. The number of para-hydroxylation sites is 1. The van der Waals surface area contributed by atoms with Crippen LogP contribution in [-0.2, 0) is 11.2 Å². The third-order valence-electron chi connectivity index (χ3n) is 5.27. The minimum Gasteiger partial charge on any atom is -0.339 e. The standard InChI is InChI=1S/C20H23N5O2/c1-15(26)23-9-11-24(12-10-23)20(27)17-13-19(22-14-21-17)25-8-4-6-16-5-2-3-7-18(16)25/h2-3,5,7,13-14H,4,6,8-12H2,1H3. The van der Waals surface area contributed by atoms with Crippen LogP contribution in [0.4, 0.5) is 11.5 Å². The van der Waals surface area contributed by atoms with Gasteiger partial charge < -0.3 is 14.7 Å². The second kappa shape index (κ2) is 7.34. The van der Waals surface area contributed by atoms with E-state index in [1.165, 1.54) is 11.9 Å². The fraction of sp³-hybridized carbons (Fsp3) is 0.400. The van der Waals surface area contributed by atoms with Gasteiger partial charge in [-0.2, -0.15) is 0 Å². The Hall–Kier alpha value is -2.96. The summed E-state index contributed by atoms with van der Waals surface area (Å²) in [6, 6.07) is 10.1. The number of carbonyl (C=O) groups excluding carboxylic acids is 2. The molecule has 0 radical (unpaired) electrons. The summed E-state index contributed by atoms with van der Waals surface area (Å²) in [4.78, 5) is 38.6. The van der Waals surface area contributed by atoms with E-state index in [9.17, 15) is 9.59 Å². The number of benzene rings is 1. The lowest BCUT2D eigenvalue weighted by Gasteiger charge is -2.34. The van der Waals surface area contributed by atoms with Gasteiger partial charge in [-0.05, 0) is 24.5 Å². The SMILES string of the molecule is CC(=O)N1CCN(C(=O)c2cc(N3CCCc4ccccc43)ncn2)CC1. The molecule has 1 aromatic carbocycles. The van der Waals surface area contributed by atoms with E-state index in [0.717, 1.165) is 30.9 Å². The molecule has 7 nitrogen and oxygen atoms in total. The van der Waals surface area contributed by atoms with Crippen LogP contribution < -0.4 is 4.90 Å². The number of fused-ring (bicyclic) bond motifs is 1. The molecule has 0 N–H and O–H groups in total. The lowest BCUT2D eigenvalue weighted by Crippen LogP contribution is -2.50. The van der Waals surface area contributed by atoms with Crippen LogP contribution in [-0.4, -0.2) is 64.3 Å². The van der Waals surface area contributed by atoms with Gasteiger partial charge in [0.15, 0.2) is 0 Å². The Bertz CT molecular complexity index is 861. The first-order valence-corrected chi connectivity index (χ1v) is 9.36. The average molecular weight is 365 g/mol. The molecule has 4 rings (SSSR count). The topological polar surface area (TPSA) is 69.6 Å². The van der Waals surface area contributed by atoms with E-state index < -0.39 is 0 Å². The minimum atomic E-state index is -0.104. The molecule has 2 aromatic rings. The smallest absolute Gasteiger partial charge is 0.272 e. The predicted octanol–water partition coefficient (Wildman–Crippen LogP) is 1.87. The molecule has 0 unspecified atom stereocenters. The zero-order chi connectivity index (χ0) is 18.8. The number of piperazine rings is 1. The van der Waals surface area contributed by atoms with E-state index >= 15 is 0 Å². The molecule has 140 valence electrons. The predicted molar refractivity (Wildman–Crippen MR) is 102 cm³/mol. The second-order valence-electron chi connectivity index (χ2n) is 6.94. The maximum absolute atomic E-state index is 12.9. The highest BCUT2D eigenvalue weighted by molar-refractivity contribution is 5.93. The summed E-state index contributed by atoms with van der Waals surface area (Å²) in [7, 11) is 0. The van der Waals surface area contributed by atoms with Crippen LogP contribution >= 0.6 is 0 Å². The average Bonchev–Trinajstić information content (AvgIpc) is 2.73. The summed E-state index contributed by atoms with van der Waals surface area (Å²) in [6.07, 6.45) is 3.58. The van der Waals surface area contributed by atoms with Crippen LogP contribution in [0.1, 0.15) is 29.4 Å². The maximum Gasteiger partial charge on any atom is 0.272 e. The van der Waals surface area contributed by atoms with Gasteiger partial charge in [-0.15, -0.1) is 0 Å². The minimum absolute atomic E-state index is 0.0511. The fourth-order valence-corrected chi connectivity index (χ4v) is 3.77. The molecule has 2 amide bonds. The summed E-state index contributed by atoms with van der Waals surface area (Å²) in [5.41, 5.74) is 2.85. The number of nitrogens with zero attached hydrogens (tertiary/aromatic N) is 5. The number of aryl methyl sites for hydroxylation is 1. The van der Waals surface area contributed by atoms with Crippen LogP contribution in [0.25, 0.3) is 0 Å². The normalized spacial score (nSPS) is 16.9. The molecular formula is C20H23N5O2. The van der Waals surface area contributed by atoms with Crippen LogP contribution in [0.3, 0.4) is 0 Å². The Labute approximate surface area is 158 Å². The van der Waals surface area contributed by atoms with E-state index in [2.05, 4.69) is 33.1 Å². The molecule has 2 aliphatic rings. The highest BCUT2D eigenvalue weighted by atomic mass is 16.2. The second-order valence-corrected chi connectivity index (χ2v) is 6.94. The number of rotatable bonds is 2. The Kier molecular flexibility index (Phi) is 4.75. The molecule has 1 fully saturated rings. The van der Waals surface area contributed by atoms with Crippen molar-refractivity contribution < 1.29 is 9.59 Å². The molecule has 2 aliphatic heterocycles. The lowest BCUT2D eigenvalue weighted by atomic mass is 10.0. The number of hydrogen-bond donors (Lipinski definition) is 0. The van der Waals surface area contributed by atoms with Crippen molar-refractivity contribution in [3.8, 4) is 0 Å². The summed E-state index contributed by atoms with van der Waals surface area (Å²) >= 11 is 0. The van der Waals surface area contributed by atoms with Gasteiger partial charge in [-0.3, -0.25) is 9.59 Å². The number of anilines is 2. The van der Waals surface area contributed by atoms with Gasteiger partial charge in [0, 0.05) is 51.4 Å². The fourth-order valence-electron chi connectivity index (χ4n) is 3.77. The molecule has 27 heavy (non-hydrogen) atoms. The van der Waals surface area contributed by atoms with Crippen LogP contribution in [0.5, 0.6) is 0 Å². The van der Waals surface area contributed by atoms with Crippen molar-refractivity contribution in [3.63, 3.8) is 0 Å². The van der Waals surface area contributed by atoms with Gasteiger partial charge >= 0.3 is 0 Å². The lowest BCUT2D eigenvalue weighted by molar-refractivity contribution is -0.130. The van der Waals surface area contributed by atoms with Gasteiger partial charge in [0.05, 0.1) is 0 Å². The van der Waals surface area contributed by atoms with Crippen molar-refractivity contribution in [3.05, 3.63) is 47.9 Å². The van der Waals surface area contributed by atoms with E-state index in [-0.39, 0.29) is 11.8 Å². The summed E-state index contributed by atoms with van der Waals surface area (Å²) in [5, 5.41) is 0. The quantitative estimate of drug-likeness (QED) is 0.813. The third-order valence-corrected chi connectivity index (χ3v) is 5.27. The van der Waals surface area contributed by atoms with Crippen LogP contribution in [0, 0.1) is 0 Å². The molecule has 0 bridgehead atoms. The van der Waals surface area contributed by atoms with Crippen molar-refractivity contribution in [1.29, 1.82) is 0 Å². The number of aromatic nitrogens is 2. The Morgan fingerprint density at radius 2 is 1.70 bits per heavy atom. The molecule has 0 atom stereocenters. The van der Waals surface area contributed by atoms with Gasteiger partial charge in [-0.25, -0.2) is 9.97 Å². The van der Waals surface area contributed by atoms with Crippen LogP contribution in [0.15, 0.2) is 36.7 Å². The Morgan fingerprint density at radius 1 is 0.963 bits per heavy atom. The van der Waals surface area contributed by atoms with Gasteiger partial charge in [0.25, 0.3) is 5.91 Å². The summed E-state index contributed by atoms with van der Waals surface area (Å²) in [6.45, 7) is 4.63. The van der Waals surface area contributed by atoms with E-state index in [0.29, 0.717) is 31.9 Å². The van der Waals surface area contributed by atoms with Crippen molar-refractivity contribution >= 4 is 23.3 Å². The largest absolute Gasteiger partial charge is 0.339 e. The molecule has 7 heteroatoms. The van der Waals surface area contributed by atoms with Gasteiger partial charge in [0.2, 0.25) is 5.91 Å². The number of hydrogen-bond acceptors (Lipinski definition) is 5. The van der Waals surface area contributed by atoms with E-state index in [1.54, 1.807) is 22.8 Å². The molecule has 0 spiro atoms. The third kappa shape index (κ3) is 3.49. The van der Waals surface area contributed by atoms with Crippen molar-refractivity contribution in [2.75, 3.05) is 37.6 Å². The first-order valence-electron chi connectivity index (χ1n) is 9.36. The molecule has 1 aromatic heterocycles. The zero-order valence-corrected chi connectivity index (χ0v) is 15.5. The highest BCUT2D eigenvalue weighted by Gasteiger charge is 2.25. The van der Waals surface area contributed by atoms with Crippen molar-refractivity contribution in [1.82, 2.24) is 19.8 Å². The molecule has 1 saturated heterocycles. The van der Waals surface area contributed by atoms with Gasteiger partial charge in [0.1, 0.15) is 17.8 Å². The molecular weight excluding hydrogens is 342 g/mol. The monoisotopic (exact) mass is 365 g/mol. The Balaban J connectivity index is 1.54. The van der Waals surface area contributed by atoms with E-state index in [4.69, 9.17) is 0 Å². The van der Waals surface area contributed by atoms with Crippen LogP contribution in [0.2, 0.25) is 0 Å². The number of carbonyl (C=O) groups is 2. The summed E-state index contributed by atoms with van der Waals surface area (Å²) < 4.78 is 0. The Morgan fingerprint density at radius 3 is 2.48 bits per heavy atom. The first-order chi connectivity index (χ1) is 13.1. The summed E-state index contributed by atoms with van der Waals surface area (Å²) in [5.74, 6) is 0.699. The molecule has 0 saturated carbocycles. The maximum atomic E-state index is 12.9. The zero-order valence-electron chi connectivity index (χ0n) is 15.5. The highest BCUT2D eigenvalue weighted by Crippen LogP contribution is 2.32. The van der Waals surface area contributed by atoms with Crippen molar-refractivity contribution in [2.24, 2.45) is 0 Å².